The van der Waals surface area contributed by atoms with E-state index in [1.54, 1.807) is 0 Å². The number of methoxy groups -OCH3 is 1. The summed E-state index contributed by atoms with van der Waals surface area (Å²) in [5, 5.41) is 3.75. The van der Waals surface area contributed by atoms with Gasteiger partial charge in [-0.1, -0.05) is 57.0 Å². The van der Waals surface area contributed by atoms with Crippen molar-refractivity contribution in [2.24, 2.45) is 5.92 Å². The second kappa shape index (κ2) is 7.73. The van der Waals surface area contributed by atoms with Crippen LogP contribution in [-0.2, 0) is 4.74 Å². The molecule has 0 aromatic heterocycles. The van der Waals surface area contributed by atoms with Crippen molar-refractivity contribution in [3.63, 3.8) is 0 Å². The molecule has 132 valence electrons. The van der Waals surface area contributed by atoms with Crippen molar-refractivity contribution in [1.29, 1.82) is 0 Å². The van der Waals surface area contributed by atoms with Gasteiger partial charge in [0.25, 0.3) is 0 Å². The van der Waals surface area contributed by atoms with Gasteiger partial charge in [0.2, 0.25) is 0 Å². The largest absolute Gasteiger partial charge is 0.465 e. The van der Waals surface area contributed by atoms with Gasteiger partial charge in [-0.15, -0.1) is 0 Å². The Hall–Kier alpha value is -2.29. The number of carbonyl (C=O) groups is 1. The van der Waals surface area contributed by atoms with E-state index in [-0.39, 0.29) is 12.0 Å². The van der Waals surface area contributed by atoms with Crippen LogP contribution in [0.5, 0.6) is 0 Å². The van der Waals surface area contributed by atoms with Gasteiger partial charge in [0.15, 0.2) is 0 Å². The van der Waals surface area contributed by atoms with Crippen molar-refractivity contribution in [1.82, 2.24) is 0 Å². The molecule has 0 bridgehead atoms. The minimum Gasteiger partial charge on any atom is -0.465 e. The molecule has 2 aromatic rings. The number of benzene rings is 2. The molecule has 0 aliphatic carbocycles. The lowest BCUT2D eigenvalue weighted by molar-refractivity contribution is 0.0600. The summed E-state index contributed by atoms with van der Waals surface area (Å²) in [6.07, 6.45) is 3.64. The first-order valence-electron chi connectivity index (χ1n) is 9.19. The van der Waals surface area contributed by atoms with Gasteiger partial charge >= 0.3 is 5.97 Å². The first-order chi connectivity index (χ1) is 12.2. The fourth-order valence-corrected chi connectivity index (χ4v) is 3.95. The normalized spacial score (nSPS) is 22.0. The summed E-state index contributed by atoms with van der Waals surface area (Å²) in [5.41, 5.74) is 4.46. The zero-order chi connectivity index (χ0) is 17.8. The highest BCUT2D eigenvalue weighted by molar-refractivity contribution is 5.89. The number of hydrogen-bond donors (Lipinski definition) is 1. The maximum atomic E-state index is 11.7. The van der Waals surface area contributed by atoms with E-state index >= 15 is 0 Å². The number of ether oxygens (including phenoxy) is 1. The maximum absolute atomic E-state index is 11.7. The highest BCUT2D eigenvalue weighted by atomic mass is 16.5. The van der Waals surface area contributed by atoms with E-state index < -0.39 is 0 Å². The molecule has 0 saturated heterocycles. The van der Waals surface area contributed by atoms with Gasteiger partial charge in [-0.3, -0.25) is 0 Å². The molecule has 0 fully saturated rings. The van der Waals surface area contributed by atoms with Gasteiger partial charge in [0.1, 0.15) is 0 Å². The zero-order valence-electron chi connectivity index (χ0n) is 15.3. The second-order valence-electron chi connectivity index (χ2n) is 6.92. The molecule has 1 N–H and O–H groups in total. The minimum absolute atomic E-state index is 0.267. The van der Waals surface area contributed by atoms with Gasteiger partial charge in [-0.05, 0) is 47.6 Å². The predicted octanol–water partition coefficient (Wildman–Crippen LogP) is 5.55. The van der Waals surface area contributed by atoms with Crippen LogP contribution in [0.3, 0.4) is 0 Å². The first-order valence-corrected chi connectivity index (χ1v) is 9.19. The smallest absolute Gasteiger partial charge is 0.337 e. The molecule has 25 heavy (non-hydrogen) atoms. The quantitative estimate of drug-likeness (QED) is 0.727. The van der Waals surface area contributed by atoms with Crippen LogP contribution in [0.2, 0.25) is 0 Å². The molecule has 0 saturated carbocycles. The Kier molecular flexibility index (Phi) is 5.42. The fraction of sp³-hybridized carbons (Fsp3) is 0.409. The lowest BCUT2D eigenvalue weighted by atomic mass is 9.74. The SMILES string of the molecule is CCCCC1C(C)c2ccccc2N[C@H]1c1ccc(C(=O)OC)cc1. The summed E-state index contributed by atoms with van der Waals surface area (Å²) in [5.74, 6) is 0.762. The zero-order valence-corrected chi connectivity index (χ0v) is 15.3. The molecule has 2 unspecified atom stereocenters. The van der Waals surface area contributed by atoms with E-state index in [2.05, 4.69) is 55.6 Å². The van der Waals surface area contributed by atoms with Gasteiger partial charge < -0.3 is 10.1 Å². The molecule has 3 nitrogen and oxygen atoms in total. The van der Waals surface area contributed by atoms with Crippen LogP contribution >= 0.6 is 0 Å². The summed E-state index contributed by atoms with van der Waals surface area (Å²) in [7, 11) is 1.42. The Bertz CT molecular complexity index is 723. The van der Waals surface area contributed by atoms with Crippen LogP contribution < -0.4 is 5.32 Å². The maximum Gasteiger partial charge on any atom is 0.337 e. The van der Waals surface area contributed by atoms with Gasteiger partial charge in [-0.2, -0.15) is 0 Å². The van der Waals surface area contributed by atoms with E-state index in [1.807, 2.05) is 12.1 Å². The molecular formula is C22H27NO2. The highest BCUT2D eigenvalue weighted by Gasteiger charge is 2.34. The molecule has 0 amide bonds. The van der Waals surface area contributed by atoms with Crippen molar-refractivity contribution in [2.45, 2.75) is 45.1 Å². The van der Waals surface area contributed by atoms with Gasteiger partial charge in [0.05, 0.1) is 18.7 Å². The number of esters is 1. The van der Waals surface area contributed by atoms with Crippen LogP contribution in [0, 0.1) is 5.92 Å². The third-order valence-electron chi connectivity index (χ3n) is 5.41. The Morgan fingerprint density at radius 2 is 1.84 bits per heavy atom. The number of para-hydroxylation sites is 1. The molecule has 1 aliphatic heterocycles. The van der Waals surface area contributed by atoms with Crippen LogP contribution in [0.25, 0.3) is 0 Å². The average molecular weight is 337 g/mol. The minimum atomic E-state index is -0.288. The van der Waals surface area contributed by atoms with Crippen LogP contribution in [-0.4, -0.2) is 13.1 Å². The molecule has 0 spiro atoms. The van der Waals surface area contributed by atoms with E-state index in [4.69, 9.17) is 4.74 Å². The summed E-state index contributed by atoms with van der Waals surface area (Å²) < 4.78 is 4.80. The summed E-state index contributed by atoms with van der Waals surface area (Å²) >= 11 is 0. The predicted molar refractivity (Wildman–Crippen MR) is 102 cm³/mol. The van der Waals surface area contributed by atoms with E-state index in [1.165, 1.54) is 43.2 Å². The number of hydrogen-bond acceptors (Lipinski definition) is 3. The Morgan fingerprint density at radius 1 is 1.12 bits per heavy atom. The van der Waals surface area contributed by atoms with Crippen molar-refractivity contribution >= 4 is 11.7 Å². The number of fused-ring (bicyclic) bond motifs is 1. The average Bonchev–Trinajstić information content (AvgIpc) is 2.66. The molecule has 1 heterocycles. The van der Waals surface area contributed by atoms with Crippen molar-refractivity contribution in [3.05, 3.63) is 65.2 Å². The van der Waals surface area contributed by atoms with Crippen LogP contribution in [0.1, 0.15) is 66.6 Å². The van der Waals surface area contributed by atoms with Gasteiger partial charge in [0, 0.05) is 5.69 Å². The Morgan fingerprint density at radius 3 is 2.52 bits per heavy atom. The van der Waals surface area contributed by atoms with E-state index in [0.29, 0.717) is 17.4 Å². The molecule has 3 rings (SSSR count). The fourth-order valence-electron chi connectivity index (χ4n) is 3.95. The lowest BCUT2D eigenvalue weighted by Crippen LogP contribution is -2.30. The summed E-state index contributed by atoms with van der Waals surface area (Å²) in [6.45, 7) is 4.59. The third-order valence-corrected chi connectivity index (χ3v) is 5.41. The lowest BCUT2D eigenvalue weighted by Gasteiger charge is -2.40. The molecule has 3 heteroatoms. The topological polar surface area (TPSA) is 38.3 Å². The molecular weight excluding hydrogens is 310 g/mol. The summed E-state index contributed by atoms with van der Waals surface area (Å²) in [6, 6.07) is 16.7. The number of rotatable bonds is 5. The standard InChI is InChI=1S/C22H27NO2/c1-4-5-8-19-15(2)18-9-6-7-10-20(18)23-21(19)16-11-13-17(14-12-16)22(24)25-3/h6-7,9-15,19,21,23H,4-5,8H2,1-3H3/t15?,19?,21-/m0/s1. The third kappa shape index (κ3) is 3.55. The first kappa shape index (κ1) is 17.5. The van der Waals surface area contributed by atoms with E-state index in [0.717, 1.165) is 0 Å². The summed E-state index contributed by atoms with van der Waals surface area (Å²) in [4.78, 5) is 11.7. The van der Waals surface area contributed by atoms with Crippen LogP contribution in [0.4, 0.5) is 5.69 Å². The van der Waals surface area contributed by atoms with Crippen molar-refractivity contribution < 1.29 is 9.53 Å². The number of nitrogens with one attached hydrogen (secondary N) is 1. The van der Waals surface area contributed by atoms with E-state index in [9.17, 15) is 4.79 Å². The Labute approximate surface area is 150 Å². The van der Waals surface area contributed by atoms with Crippen molar-refractivity contribution in [3.8, 4) is 0 Å². The van der Waals surface area contributed by atoms with Crippen LogP contribution in [0.15, 0.2) is 48.5 Å². The molecule has 0 radical (unpaired) electrons. The second-order valence-corrected chi connectivity index (χ2v) is 6.92. The number of anilines is 1. The molecule has 3 atom stereocenters. The number of carbonyl (C=O) groups excluding carboxylic acids is 1. The van der Waals surface area contributed by atoms with Crippen molar-refractivity contribution in [2.75, 3.05) is 12.4 Å². The molecule has 2 aromatic carbocycles. The highest BCUT2D eigenvalue weighted by Crippen LogP contribution is 2.46. The Balaban J connectivity index is 1.93. The number of unbranched alkanes of at least 4 members (excludes halogenated alkanes) is 1. The molecule has 1 aliphatic rings. The van der Waals surface area contributed by atoms with Gasteiger partial charge in [-0.25, -0.2) is 4.79 Å². The monoisotopic (exact) mass is 337 g/mol.